The van der Waals surface area contributed by atoms with Gasteiger partial charge in [0.05, 0.1) is 7.05 Å². The van der Waals surface area contributed by atoms with E-state index >= 15 is 0 Å². The molecule has 0 heterocycles. The summed E-state index contributed by atoms with van der Waals surface area (Å²) in [6, 6.07) is 5.36. The highest BCUT2D eigenvalue weighted by Crippen LogP contribution is 2.19. The lowest BCUT2D eigenvalue weighted by molar-refractivity contribution is -0.862. The predicted molar refractivity (Wildman–Crippen MR) is 83.2 cm³/mol. The molecule has 0 saturated carbocycles. The molecule has 128 valence electrons. The average Bonchev–Trinajstić information content (AvgIpc) is 2.38. The van der Waals surface area contributed by atoms with Crippen LogP contribution in [0.2, 0.25) is 0 Å². The molecule has 0 bridgehead atoms. The van der Waals surface area contributed by atoms with Gasteiger partial charge in [0.25, 0.3) is 11.8 Å². The van der Waals surface area contributed by atoms with Crippen molar-refractivity contribution < 1.29 is 27.7 Å². The fourth-order valence-electron chi connectivity index (χ4n) is 1.83. The van der Waals surface area contributed by atoms with Crippen LogP contribution in [0.25, 0.3) is 0 Å². The SMILES string of the molecule is Cc1cc(Br)ccc1NC(=O)C[NH+](C)CC(=O)NCC(F)(F)F. The van der Waals surface area contributed by atoms with E-state index in [1.54, 1.807) is 24.5 Å². The summed E-state index contributed by atoms with van der Waals surface area (Å²) in [6.07, 6.45) is -4.44. The second-order valence-electron chi connectivity index (χ2n) is 5.21. The molecule has 23 heavy (non-hydrogen) atoms. The number of likely N-dealkylation sites (N-methyl/N-ethyl adjacent to an activating group) is 1. The van der Waals surface area contributed by atoms with Crippen molar-refractivity contribution in [2.24, 2.45) is 0 Å². The van der Waals surface area contributed by atoms with Gasteiger partial charge in [-0.1, -0.05) is 15.9 Å². The number of rotatable bonds is 6. The summed E-state index contributed by atoms with van der Waals surface area (Å²) in [5.41, 5.74) is 1.51. The van der Waals surface area contributed by atoms with Crippen LogP contribution in [0.3, 0.4) is 0 Å². The highest BCUT2D eigenvalue weighted by Gasteiger charge is 2.28. The Kier molecular flexibility index (Phi) is 7.01. The summed E-state index contributed by atoms with van der Waals surface area (Å²) in [4.78, 5) is 23.7. The van der Waals surface area contributed by atoms with Gasteiger partial charge in [-0.2, -0.15) is 13.2 Å². The minimum atomic E-state index is -4.44. The Labute approximate surface area is 140 Å². The number of hydrogen-bond donors (Lipinski definition) is 3. The largest absolute Gasteiger partial charge is 0.405 e. The maximum Gasteiger partial charge on any atom is 0.405 e. The van der Waals surface area contributed by atoms with Crippen molar-refractivity contribution in [1.82, 2.24) is 5.32 Å². The lowest BCUT2D eigenvalue weighted by atomic mass is 10.2. The van der Waals surface area contributed by atoms with E-state index in [-0.39, 0.29) is 19.0 Å². The van der Waals surface area contributed by atoms with Gasteiger partial charge < -0.3 is 15.5 Å². The molecule has 1 aromatic rings. The first kappa shape index (κ1) is 19.4. The van der Waals surface area contributed by atoms with Crippen LogP contribution in [0.4, 0.5) is 18.9 Å². The second kappa shape index (κ2) is 8.30. The van der Waals surface area contributed by atoms with E-state index < -0.39 is 18.6 Å². The van der Waals surface area contributed by atoms with E-state index in [9.17, 15) is 22.8 Å². The summed E-state index contributed by atoms with van der Waals surface area (Å²) in [7, 11) is 1.56. The minimum Gasteiger partial charge on any atom is -0.342 e. The third-order valence-electron chi connectivity index (χ3n) is 2.87. The molecule has 0 spiro atoms. The molecule has 9 heteroatoms. The fraction of sp³-hybridized carbons (Fsp3) is 0.429. The molecule has 1 aromatic carbocycles. The number of aryl methyl sites for hydroxylation is 1. The van der Waals surface area contributed by atoms with Gasteiger partial charge >= 0.3 is 6.18 Å². The molecule has 1 unspecified atom stereocenters. The van der Waals surface area contributed by atoms with Gasteiger partial charge in [0.1, 0.15) is 6.54 Å². The molecule has 3 N–H and O–H groups in total. The number of amides is 2. The first-order valence-electron chi connectivity index (χ1n) is 6.77. The zero-order chi connectivity index (χ0) is 17.6. The van der Waals surface area contributed by atoms with E-state index in [4.69, 9.17) is 0 Å². The number of alkyl halides is 3. The van der Waals surface area contributed by atoms with Gasteiger partial charge in [0, 0.05) is 10.2 Å². The molecule has 2 amide bonds. The van der Waals surface area contributed by atoms with Crippen LogP contribution in [0.15, 0.2) is 22.7 Å². The van der Waals surface area contributed by atoms with Crippen LogP contribution < -0.4 is 15.5 Å². The normalized spacial score (nSPS) is 12.6. The van der Waals surface area contributed by atoms with Gasteiger partial charge in [-0.05, 0) is 30.7 Å². The van der Waals surface area contributed by atoms with Crippen molar-refractivity contribution in [3.63, 3.8) is 0 Å². The highest BCUT2D eigenvalue weighted by molar-refractivity contribution is 9.10. The van der Waals surface area contributed by atoms with E-state index in [0.717, 1.165) is 10.0 Å². The van der Waals surface area contributed by atoms with Gasteiger partial charge in [-0.3, -0.25) is 9.59 Å². The summed E-state index contributed by atoms with van der Waals surface area (Å²) in [5.74, 6) is -1.08. The summed E-state index contributed by atoms with van der Waals surface area (Å²) < 4.78 is 36.8. The first-order chi connectivity index (χ1) is 10.6. The Morgan fingerprint density at radius 2 is 1.83 bits per heavy atom. The van der Waals surface area contributed by atoms with Gasteiger partial charge in [-0.15, -0.1) is 0 Å². The molecule has 1 rings (SSSR count). The van der Waals surface area contributed by atoms with Crippen LogP contribution in [0, 0.1) is 6.92 Å². The fourth-order valence-corrected chi connectivity index (χ4v) is 2.31. The third-order valence-corrected chi connectivity index (χ3v) is 3.37. The Morgan fingerprint density at radius 3 is 2.39 bits per heavy atom. The maximum absolute atomic E-state index is 12.0. The smallest absolute Gasteiger partial charge is 0.342 e. The first-order valence-corrected chi connectivity index (χ1v) is 7.57. The van der Waals surface area contributed by atoms with Crippen molar-refractivity contribution in [2.45, 2.75) is 13.1 Å². The molecular weight excluding hydrogens is 379 g/mol. The average molecular weight is 397 g/mol. The topological polar surface area (TPSA) is 62.6 Å². The number of anilines is 1. The summed E-state index contributed by atoms with van der Waals surface area (Å²) in [5, 5.41) is 4.48. The van der Waals surface area contributed by atoms with Crippen molar-refractivity contribution >= 4 is 33.4 Å². The molecule has 0 radical (unpaired) electrons. The number of halogens is 4. The Morgan fingerprint density at radius 1 is 1.22 bits per heavy atom. The number of hydrogen-bond acceptors (Lipinski definition) is 2. The van der Waals surface area contributed by atoms with E-state index in [2.05, 4.69) is 21.2 Å². The number of benzene rings is 1. The molecule has 0 fully saturated rings. The lowest BCUT2D eigenvalue weighted by Gasteiger charge is -2.15. The Hall–Kier alpha value is -1.61. The van der Waals surface area contributed by atoms with Crippen LogP contribution in [-0.4, -0.2) is 44.7 Å². The Bertz CT molecular complexity index is 579. The number of carbonyl (C=O) groups is 2. The van der Waals surface area contributed by atoms with Crippen molar-refractivity contribution in [1.29, 1.82) is 0 Å². The molecule has 5 nitrogen and oxygen atoms in total. The molecular formula is C14H18BrF3N3O2+. The van der Waals surface area contributed by atoms with Crippen LogP contribution in [0.1, 0.15) is 5.56 Å². The number of quaternary nitrogens is 1. The zero-order valence-electron chi connectivity index (χ0n) is 12.7. The van der Waals surface area contributed by atoms with Crippen LogP contribution in [-0.2, 0) is 9.59 Å². The van der Waals surface area contributed by atoms with Gasteiger partial charge in [0.2, 0.25) is 0 Å². The predicted octanol–water partition coefficient (Wildman–Crippen LogP) is 0.889. The number of nitrogens with one attached hydrogen (secondary N) is 3. The molecule has 0 aliphatic heterocycles. The molecule has 0 aliphatic rings. The molecule has 0 aromatic heterocycles. The highest BCUT2D eigenvalue weighted by atomic mass is 79.9. The lowest BCUT2D eigenvalue weighted by Crippen LogP contribution is -3.11. The van der Waals surface area contributed by atoms with E-state index in [0.29, 0.717) is 10.6 Å². The third kappa shape index (κ3) is 7.98. The number of carbonyl (C=O) groups excluding carboxylic acids is 2. The molecule has 1 atom stereocenters. The van der Waals surface area contributed by atoms with Crippen molar-refractivity contribution in [2.75, 3.05) is 32.0 Å². The van der Waals surface area contributed by atoms with Crippen molar-refractivity contribution in [3.8, 4) is 0 Å². The zero-order valence-corrected chi connectivity index (χ0v) is 14.3. The summed E-state index contributed by atoms with van der Waals surface area (Å²) in [6.45, 7) is 0.211. The van der Waals surface area contributed by atoms with Crippen molar-refractivity contribution in [3.05, 3.63) is 28.2 Å². The minimum absolute atomic E-state index is 0.0328. The van der Waals surface area contributed by atoms with Crippen LogP contribution >= 0.6 is 15.9 Å². The van der Waals surface area contributed by atoms with E-state index in [1.807, 2.05) is 13.0 Å². The maximum atomic E-state index is 12.0. The van der Waals surface area contributed by atoms with E-state index in [1.165, 1.54) is 0 Å². The monoisotopic (exact) mass is 396 g/mol. The quantitative estimate of drug-likeness (QED) is 0.668. The standard InChI is InChI=1S/C14H17BrF3N3O2/c1-9-5-10(15)3-4-11(9)20-13(23)7-21(2)6-12(22)19-8-14(16,17)18/h3-5H,6-8H2,1-2H3,(H,19,22)(H,20,23)/p+1. The second-order valence-corrected chi connectivity index (χ2v) is 6.13. The van der Waals surface area contributed by atoms with Crippen LogP contribution in [0.5, 0.6) is 0 Å². The molecule has 0 saturated heterocycles. The van der Waals surface area contributed by atoms with Gasteiger partial charge in [0.15, 0.2) is 13.1 Å². The summed E-state index contributed by atoms with van der Waals surface area (Å²) >= 11 is 3.32. The Balaban J connectivity index is 2.43. The van der Waals surface area contributed by atoms with Gasteiger partial charge in [-0.25, -0.2) is 0 Å². The molecule has 0 aliphatic carbocycles.